The molecule has 0 aliphatic heterocycles. The lowest BCUT2D eigenvalue weighted by Gasteiger charge is -2.35. The van der Waals surface area contributed by atoms with Crippen molar-refractivity contribution in [3.05, 3.63) is 11.9 Å². The summed E-state index contributed by atoms with van der Waals surface area (Å²) in [5.41, 5.74) is 1.43. The maximum atomic E-state index is 4.52. The molecule has 0 aromatic carbocycles. The van der Waals surface area contributed by atoms with Crippen molar-refractivity contribution in [1.82, 2.24) is 9.97 Å². The Bertz CT molecular complexity index is 424. The number of nitrogens with one attached hydrogen (secondary N) is 2. The van der Waals surface area contributed by atoms with E-state index in [2.05, 4.69) is 41.4 Å². The second-order valence-corrected chi connectivity index (χ2v) is 6.08. The van der Waals surface area contributed by atoms with Crippen LogP contribution in [-0.4, -0.2) is 22.1 Å². The van der Waals surface area contributed by atoms with Gasteiger partial charge in [-0.1, -0.05) is 32.6 Å². The number of hydrogen-bond donors (Lipinski definition) is 2. The molecule has 0 spiro atoms. The first-order chi connectivity index (χ1) is 9.68. The SMILES string of the molecule is CCCc1c(NCC)ncnc1NC1(C)CCCCC1. The summed E-state index contributed by atoms with van der Waals surface area (Å²) in [4.78, 5) is 8.92. The molecule has 1 fully saturated rings. The first-order valence-electron chi connectivity index (χ1n) is 8.04. The lowest BCUT2D eigenvalue weighted by Crippen LogP contribution is -2.37. The van der Waals surface area contributed by atoms with Crippen molar-refractivity contribution in [3.63, 3.8) is 0 Å². The van der Waals surface area contributed by atoms with E-state index in [1.165, 1.54) is 37.7 Å². The van der Waals surface area contributed by atoms with Gasteiger partial charge in [0.05, 0.1) is 0 Å². The minimum atomic E-state index is 0.193. The van der Waals surface area contributed by atoms with Crippen molar-refractivity contribution in [1.29, 1.82) is 0 Å². The largest absolute Gasteiger partial charge is 0.370 e. The fraction of sp³-hybridized carbons (Fsp3) is 0.750. The van der Waals surface area contributed by atoms with Crippen LogP contribution >= 0.6 is 0 Å². The van der Waals surface area contributed by atoms with Crippen LogP contribution in [0.2, 0.25) is 0 Å². The van der Waals surface area contributed by atoms with Crippen molar-refractivity contribution in [3.8, 4) is 0 Å². The summed E-state index contributed by atoms with van der Waals surface area (Å²) >= 11 is 0. The monoisotopic (exact) mass is 276 g/mol. The Morgan fingerprint density at radius 2 is 1.80 bits per heavy atom. The molecule has 0 amide bonds. The molecule has 0 unspecified atom stereocenters. The Morgan fingerprint density at radius 1 is 1.10 bits per heavy atom. The molecule has 1 heterocycles. The molecule has 4 heteroatoms. The van der Waals surface area contributed by atoms with Crippen LogP contribution in [0.25, 0.3) is 0 Å². The summed E-state index contributed by atoms with van der Waals surface area (Å²) in [5.74, 6) is 2.02. The molecule has 0 bridgehead atoms. The lowest BCUT2D eigenvalue weighted by atomic mass is 9.83. The first-order valence-corrected chi connectivity index (χ1v) is 8.04. The molecule has 1 saturated carbocycles. The van der Waals surface area contributed by atoms with E-state index in [0.717, 1.165) is 31.0 Å². The quantitative estimate of drug-likeness (QED) is 0.824. The Hall–Kier alpha value is -1.32. The van der Waals surface area contributed by atoms with Gasteiger partial charge in [-0.05, 0) is 33.1 Å². The maximum Gasteiger partial charge on any atom is 0.135 e. The number of rotatable bonds is 6. The molecule has 112 valence electrons. The normalized spacial score (nSPS) is 17.8. The van der Waals surface area contributed by atoms with Gasteiger partial charge in [-0.3, -0.25) is 0 Å². The summed E-state index contributed by atoms with van der Waals surface area (Å²) < 4.78 is 0. The molecule has 1 aromatic rings. The van der Waals surface area contributed by atoms with E-state index in [1.807, 2.05) is 0 Å². The van der Waals surface area contributed by atoms with Gasteiger partial charge in [0.15, 0.2) is 0 Å². The fourth-order valence-electron chi connectivity index (χ4n) is 3.07. The highest BCUT2D eigenvalue weighted by molar-refractivity contribution is 5.58. The Morgan fingerprint density at radius 3 is 2.45 bits per heavy atom. The Kier molecular flexibility index (Phi) is 5.21. The van der Waals surface area contributed by atoms with Gasteiger partial charge in [0.25, 0.3) is 0 Å². The van der Waals surface area contributed by atoms with Crippen LogP contribution in [0.4, 0.5) is 11.6 Å². The summed E-state index contributed by atoms with van der Waals surface area (Å²) in [6.45, 7) is 7.53. The van der Waals surface area contributed by atoms with Crippen LogP contribution in [0.15, 0.2) is 6.33 Å². The topological polar surface area (TPSA) is 49.8 Å². The van der Waals surface area contributed by atoms with Gasteiger partial charge < -0.3 is 10.6 Å². The zero-order valence-corrected chi connectivity index (χ0v) is 13.1. The molecular formula is C16H28N4. The van der Waals surface area contributed by atoms with Gasteiger partial charge in [0.2, 0.25) is 0 Å². The van der Waals surface area contributed by atoms with Gasteiger partial charge in [-0.15, -0.1) is 0 Å². The summed E-state index contributed by atoms with van der Waals surface area (Å²) in [5, 5.41) is 7.08. The molecule has 20 heavy (non-hydrogen) atoms. The van der Waals surface area contributed by atoms with Gasteiger partial charge in [-0.2, -0.15) is 0 Å². The molecule has 0 atom stereocenters. The van der Waals surface area contributed by atoms with E-state index < -0.39 is 0 Å². The molecule has 0 saturated heterocycles. The van der Waals surface area contributed by atoms with Crippen LogP contribution < -0.4 is 10.6 Å². The zero-order chi connectivity index (χ0) is 14.4. The van der Waals surface area contributed by atoms with Crippen LogP contribution in [0.3, 0.4) is 0 Å². The standard InChI is InChI=1S/C16H28N4/c1-4-9-13-14(17-5-2)18-12-19-15(13)20-16(3)10-7-6-8-11-16/h12H,4-11H2,1-3H3,(H2,17,18,19,20). The third kappa shape index (κ3) is 3.62. The van der Waals surface area contributed by atoms with Gasteiger partial charge in [-0.25, -0.2) is 9.97 Å². The summed E-state index contributed by atoms with van der Waals surface area (Å²) in [6.07, 6.45) is 10.3. The minimum Gasteiger partial charge on any atom is -0.370 e. The number of hydrogen-bond acceptors (Lipinski definition) is 4. The van der Waals surface area contributed by atoms with E-state index in [-0.39, 0.29) is 5.54 Å². The van der Waals surface area contributed by atoms with Crippen LogP contribution in [0, 0.1) is 0 Å². The molecule has 2 N–H and O–H groups in total. The molecule has 4 nitrogen and oxygen atoms in total. The van der Waals surface area contributed by atoms with Crippen molar-refractivity contribution in [2.45, 2.75) is 71.3 Å². The third-order valence-corrected chi connectivity index (χ3v) is 4.17. The van der Waals surface area contributed by atoms with Gasteiger partial charge >= 0.3 is 0 Å². The predicted octanol–water partition coefficient (Wildman–Crippen LogP) is 4.00. The number of anilines is 2. The van der Waals surface area contributed by atoms with E-state index in [1.54, 1.807) is 6.33 Å². The van der Waals surface area contributed by atoms with E-state index in [0.29, 0.717) is 0 Å². The molecule has 2 rings (SSSR count). The summed E-state index contributed by atoms with van der Waals surface area (Å²) in [7, 11) is 0. The molecule has 1 aliphatic rings. The number of aromatic nitrogens is 2. The van der Waals surface area contributed by atoms with Crippen LogP contribution in [-0.2, 0) is 6.42 Å². The fourth-order valence-corrected chi connectivity index (χ4v) is 3.07. The molecule has 1 aromatic heterocycles. The third-order valence-electron chi connectivity index (χ3n) is 4.17. The maximum absolute atomic E-state index is 4.52. The number of nitrogens with zero attached hydrogens (tertiary/aromatic N) is 2. The van der Waals surface area contributed by atoms with Crippen LogP contribution in [0.5, 0.6) is 0 Å². The second kappa shape index (κ2) is 6.91. The Labute approximate surface area is 122 Å². The summed E-state index contributed by atoms with van der Waals surface area (Å²) in [6, 6.07) is 0. The average molecular weight is 276 g/mol. The molecular weight excluding hydrogens is 248 g/mol. The molecule has 1 aliphatic carbocycles. The van der Waals surface area contributed by atoms with Crippen LogP contribution in [0.1, 0.15) is 64.9 Å². The minimum absolute atomic E-state index is 0.193. The average Bonchev–Trinajstić information content (AvgIpc) is 2.43. The highest BCUT2D eigenvalue weighted by Gasteiger charge is 2.28. The smallest absolute Gasteiger partial charge is 0.135 e. The Balaban J connectivity index is 2.23. The van der Waals surface area contributed by atoms with E-state index in [9.17, 15) is 0 Å². The first kappa shape index (κ1) is 15.1. The molecule has 0 radical (unpaired) electrons. The van der Waals surface area contributed by atoms with Crippen molar-refractivity contribution >= 4 is 11.6 Å². The predicted molar refractivity (Wildman–Crippen MR) is 85.3 cm³/mol. The van der Waals surface area contributed by atoms with Crippen molar-refractivity contribution in [2.75, 3.05) is 17.2 Å². The van der Waals surface area contributed by atoms with Gasteiger partial charge in [0, 0.05) is 17.6 Å². The lowest BCUT2D eigenvalue weighted by molar-refractivity contribution is 0.348. The highest BCUT2D eigenvalue weighted by Crippen LogP contribution is 2.33. The van der Waals surface area contributed by atoms with Gasteiger partial charge in [0.1, 0.15) is 18.0 Å². The van der Waals surface area contributed by atoms with Crippen molar-refractivity contribution < 1.29 is 0 Å². The second-order valence-electron chi connectivity index (χ2n) is 6.08. The van der Waals surface area contributed by atoms with E-state index in [4.69, 9.17) is 0 Å². The highest BCUT2D eigenvalue weighted by atomic mass is 15.1. The van der Waals surface area contributed by atoms with E-state index >= 15 is 0 Å². The van der Waals surface area contributed by atoms with Crippen molar-refractivity contribution in [2.24, 2.45) is 0 Å². The zero-order valence-electron chi connectivity index (χ0n) is 13.1.